The van der Waals surface area contributed by atoms with E-state index in [9.17, 15) is 19.5 Å². The fraction of sp³-hybridized carbons (Fsp3) is 0.261. The van der Waals surface area contributed by atoms with Gasteiger partial charge in [-0.1, -0.05) is 11.6 Å². The fourth-order valence-electron chi connectivity index (χ4n) is 3.59. The van der Waals surface area contributed by atoms with Gasteiger partial charge in [0.15, 0.2) is 0 Å². The van der Waals surface area contributed by atoms with Gasteiger partial charge < -0.3 is 24.8 Å². The number of ether oxygens (including phenoxy) is 2. The molecule has 9 heteroatoms. The number of carbonyl (C=O) groups excluding carboxylic acids is 3. The first-order valence-corrected chi connectivity index (χ1v) is 10.2. The highest BCUT2D eigenvalue weighted by Gasteiger charge is 2.46. The van der Waals surface area contributed by atoms with E-state index in [1.54, 1.807) is 42.5 Å². The molecule has 0 saturated carbocycles. The number of hydrogen-bond donors (Lipinski definition) is 2. The zero-order chi connectivity index (χ0) is 23.4. The van der Waals surface area contributed by atoms with Gasteiger partial charge in [0.25, 0.3) is 11.7 Å². The molecule has 1 heterocycles. The van der Waals surface area contributed by atoms with Gasteiger partial charge in [-0.15, -0.1) is 0 Å². The summed E-state index contributed by atoms with van der Waals surface area (Å²) in [5, 5.41) is 14.1. The number of Topliss-reactive ketones (excluding diaryl/α,β-unsaturated/α-hetero) is 1. The van der Waals surface area contributed by atoms with Crippen LogP contribution in [0.3, 0.4) is 0 Å². The van der Waals surface area contributed by atoms with Gasteiger partial charge in [-0.2, -0.15) is 0 Å². The van der Waals surface area contributed by atoms with Crippen molar-refractivity contribution in [2.75, 3.05) is 27.3 Å². The van der Waals surface area contributed by atoms with Crippen LogP contribution in [0.15, 0.2) is 48.0 Å². The maximum absolute atomic E-state index is 13.0. The molecular formula is C23H23ClN2O6. The molecule has 8 nitrogen and oxygen atoms in total. The largest absolute Gasteiger partial charge is 0.507 e. The SMILES string of the molecule is COc1ccc([C@@H]2C(=C(O)c3ccc(Cl)cc3)C(=O)C(=O)N2CCNC(C)=O)c(OC)c1. The molecule has 1 saturated heterocycles. The topological polar surface area (TPSA) is 105 Å². The van der Waals surface area contributed by atoms with Gasteiger partial charge in [0.05, 0.1) is 25.8 Å². The van der Waals surface area contributed by atoms with Crippen LogP contribution in [-0.2, 0) is 14.4 Å². The number of nitrogens with zero attached hydrogens (tertiary/aromatic N) is 1. The summed E-state index contributed by atoms with van der Waals surface area (Å²) in [7, 11) is 2.97. The number of aliphatic hydroxyl groups excluding tert-OH is 1. The number of carbonyl (C=O) groups is 3. The third-order valence-electron chi connectivity index (χ3n) is 5.12. The molecule has 2 aromatic carbocycles. The Balaban J connectivity index is 2.17. The molecule has 1 fully saturated rings. The zero-order valence-electron chi connectivity index (χ0n) is 17.8. The molecule has 2 aromatic rings. The minimum absolute atomic E-state index is 0.0569. The predicted octanol–water partition coefficient (Wildman–Crippen LogP) is 2.92. The first-order valence-electron chi connectivity index (χ1n) is 9.79. The second kappa shape index (κ2) is 9.74. The van der Waals surface area contributed by atoms with E-state index in [2.05, 4.69) is 5.32 Å². The van der Waals surface area contributed by atoms with E-state index in [1.165, 1.54) is 26.0 Å². The minimum Gasteiger partial charge on any atom is -0.507 e. The van der Waals surface area contributed by atoms with E-state index in [1.807, 2.05) is 0 Å². The van der Waals surface area contributed by atoms with Crippen molar-refractivity contribution in [1.29, 1.82) is 0 Å². The highest BCUT2D eigenvalue weighted by atomic mass is 35.5. The molecule has 0 bridgehead atoms. The number of benzene rings is 2. The van der Waals surface area contributed by atoms with Crippen LogP contribution in [-0.4, -0.2) is 54.9 Å². The highest BCUT2D eigenvalue weighted by Crippen LogP contribution is 2.43. The van der Waals surface area contributed by atoms with E-state index in [0.717, 1.165) is 0 Å². The Labute approximate surface area is 190 Å². The fourth-order valence-corrected chi connectivity index (χ4v) is 3.72. The van der Waals surface area contributed by atoms with Crippen LogP contribution < -0.4 is 14.8 Å². The molecule has 2 N–H and O–H groups in total. The minimum atomic E-state index is -0.930. The van der Waals surface area contributed by atoms with E-state index in [-0.39, 0.29) is 30.3 Å². The molecule has 0 unspecified atom stereocenters. The monoisotopic (exact) mass is 458 g/mol. The smallest absolute Gasteiger partial charge is 0.295 e. The van der Waals surface area contributed by atoms with Crippen LogP contribution in [0.25, 0.3) is 5.76 Å². The van der Waals surface area contributed by atoms with E-state index < -0.39 is 17.7 Å². The summed E-state index contributed by atoms with van der Waals surface area (Å²) in [6.07, 6.45) is 0. The quantitative estimate of drug-likeness (QED) is 0.375. The molecule has 0 spiro atoms. The molecular weight excluding hydrogens is 436 g/mol. The summed E-state index contributed by atoms with van der Waals surface area (Å²) in [5.41, 5.74) is 0.751. The molecule has 1 atom stereocenters. The number of nitrogens with one attached hydrogen (secondary N) is 1. The Morgan fingerprint density at radius 3 is 2.41 bits per heavy atom. The summed E-state index contributed by atoms with van der Waals surface area (Å²) in [6.45, 7) is 1.55. The number of hydrogen-bond acceptors (Lipinski definition) is 6. The van der Waals surface area contributed by atoms with Crippen LogP contribution in [0.4, 0.5) is 0 Å². The summed E-state index contributed by atoms with van der Waals surface area (Å²) in [6, 6.07) is 10.3. The van der Waals surface area contributed by atoms with Crippen molar-refractivity contribution < 1.29 is 29.0 Å². The maximum Gasteiger partial charge on any atom is 0.295 e. The Morgan fingerprint density at radius 1 is 1.12 bits per heavy atom. The van der Waals surface area contributed by atoms with Crippen molar-refractivity contribution in [2.45, 2.75) is 13.0 Å². The summed E-state index contributed by atoms with van der Waals surface area (Å²) < 4.78 is 10.7. The number of methoxy groups -OCH3 is 2. The van der Waals surface area contributed by atoms with Crippen molar-refractivity contribution in [2.24, 2.45) is 0 Å². The molecule has 3 rings (SSSR count). The van der Waals surface area contributed by atoms with Gasteiger partial charge in [0.2, 0.25) is 5.91 Å². The molecule has 0 radical (unpaired) electrons. The highest BCUT2D eigenvalue weighted by molar-refractivity contribution is 6.46. The first kappa shape index (κ1) is 23.1. The third kappa shape index (κ3) is 4.55. The Bertz CT molecular complexity index is 1080. The average Bonchev–Trinajstić information content (AvgIpc) is 3.03. The number of ketones is 1. The molecule has 32 heavy (non-hydrogen) atoms. The number of halogens is 1. The van der Waals surface area contributed by atoms with Gasteiger partial charge >= 0.3 is 0 Å². The lowest BCUT2D eigenvalue weighted by molar-refractivity contribution is -0.140. The second-order valence-corrected chi connectivity index (χ2v) is 7.53. The normalized spacial score (nSPS) is 17.4. The predicted molar refractivity (Wildman–Crippen MR) is 119 cm³/mol. The van der Waals surface area contributed by atoms with Gasteiger partial charge in [-0.25, -0.2) is 0 Å². The third-order valence-corrected chi connectivity index (χ3v) is 5.37. The Kier molecular flexibility index (Phi) is 7.05. The lowest BCUT2D eigenvalue weighted by atomic mass is 9.94. The van der Waals surface area contributed by atoms with Gasteiger partial charge in [0, 0.05) is 42.2 Å². The van der Waals surface area contributed by atoms with Gasteiger partial charge in [0.1, 0.15) is 17.3 Å². The summed E-state index contributed by atoms with van der Waals surface area (Å²) in [4.78, 5) is 38.5. The number of aliphatic hydroxyl groups is 1. The van der Waals surface area contributed by atoms with Gasteiger partial charge in [-0.3, -0.25) is 14.4 Å². The van der Waals surface area contributed by atoms with E-state index >= 15 is 0 Å². The van der Waals surface area contributed by atoms with Crippen molar-refractivity contribution in [3.63, 3.8) is 0 Å². The molecule has 0 aliphatic carbocycles. The van der Waals surface area contributed by atoms with Crippen LogP contribution in [0.1, 0.15) is 24.1 Å². The number of amides is 2. The number of rotatable bonds is 7. The van der Waals surface area contributed by atoms with Crippen LogP contribution in [0.2, 0.25) is 5.02 Å². The lowest BCUT2D eigenvalue weighted by Gasteiger charge is -2.26. The van der Waals surface area contributed by atoms with Crippen LogP contribution >= 0.6 is 11.6 Å². The number of likely N-dealkylation sites (tertiary alicyclic amines) is 1. The zero-order valence-corrected chi connectivity index (χ0v) is 18.6. The average molecular weight is 459 g/mol. The van der Waals surface area contributed by atoms with Crippen LogP contribution in [0.5, 0.6) is 11.5 Å². The van der Waals surface area contributed by atoms with Crippen molar-refractivity contribution in [3.8, 4) is 11.5 Å². The molecule has 0 aromatic heterocycles. The second-order valence-electron chi connectivity index (χ2n) is 7.09. The Hall–Kier alpha value is -3.52. The molecule has 168 valence electrons. The first-order chi connectivity index (χ1) is 15.3. The maximum atomic E-state index is 13.0. The van der Waals surface area contributed by atoms with Crippen LogP contribution in [0, 0.1) is 0 Å². The van der Waals surface area contributed by atoms with Crippen molar-refractivity contribution in [1.82, 2.24) is 10.2 Å². The Morgan fingerprint density at radius 2 is 1.81 bits per heavy atom. The van der Waals surface area contributed by atoms with E-state index in [0.29, 0.717) is 27.6 Å². The molecule has 1 aliphatic heterocycles. The summed E-state index contributed by atoms with van der Waals surface area (Å²) >= 11 is 5.94. The van der Waals surface area contributed by atoms with Gasteiger partial charge in [-0.05, 0) is 36.4 Å². The lowest BCUT2D eigenvalue weighted by Crippen LogP contribution is -2.37. The van der Waals surface area contributed by atoms with E-state index in [4.69, 9.17) is 21.1 Å². The molecule has 1 aliphatic rings. The molecule has 2 amide bonds. The van der Waals surface area contributed by atoms with Crippen molar-refractivity contribution >= 4 is 35.0 Å². The summed E-state index contributed by atoms with van der Waals surface area (Å²) in [5.74, 6) is -1.30. The van der Waals surface area contributed by atoms with Crippen molar-refractivity contribution in [3.05, 3.63) is 64.2 Å². The standard InChI is InChI=1S/C23H23ClN2O6/c1-13(27)25-10-11-26-20(17-9-8-16(31-2)12-18(17)32-3)19(22(29)23(26)30)21(28)14-4-6-15(24)7-5-14/h4-9,12,20,28H,10-11H2,1-3H3,(H,25,27)/t20-/m1/s1.